The lowest BCUT2D eigenvalue weighted by Gasteiger charge is -2.60. The van der Waals surface area contributed by atoms with E-state index in [1.807, 2.05) is 65.6 Å². The number of fused-ring (bicyclic) bond motifs is 1. The van der Waals surface area contributed by atoms with Gasteiger partial charge in [0.2, 0.25) is 11.8 Å². The number of methoxy groups -OCH3 is 1. The van der Waals surface area contributed by atoms with E-state index in [4.69, 9.17) is 4.74 Å². The smallest absolute Gasteiger partial charge is 0.233 e. The Kier molecular flexibility index (Phi) is 6.19. The highest BCUT2D eigenvalue weighted by atomic mass is 16.5. The molecule has 1 aliphatic heterocycles. The molecule has 4 atom stereocenters. The first kappa shape index (κ1) is 25.6. The third-order valence-corrected chi connectivity index (χ3v) is 9.97. The van der Waals surface area contributed by atoms with E-state index in [0.717, 1.165) is 24.1 Å². The summed E-state index contributed by atoms with van der Waals surface area (Å²) in [5.74, 6) is 0.726. The SMILES string of the molecule is COc1ccccc1CC(=O)N1C[C@@H]2[C@@]3(c4ccccc4)CC[C@H](c4ccccc43)[C@]2(C(=O)Nc2ccccc2)C1. The summed E-state index contributed by atoms with van der Waals surface area (Å²) < 4.78 is 5.55. The summed E-state index contributed by atoms with van der Waals surface area (Å²) >= 11 is 0. The Morgan fingerprint density at radius 3 is 2.34 bits per heavy atom. The summed E-state index contributed by atoms with van der Waals surface area (Å²) in [5, 5.41) is 3.29. The van der Waals surface area contributed by atoms with Crippen LogP contribution in [-0.4, -0.2) is 36.9 Å². The molecular weight excluding hydrogens is 508 g/mol. The Labute approximate surface area is 241 Å². The van der Waals surface area contributed by atoms with E-state index < -0.39 is 5.41 Å². The van der Waals surface area contributed by atoms with Crippen molar-refractivity contribution in [1.82, 2.24) is 4.90 Å². The lowest BCUT2D eigenvalue weighted by Crippen LogP contribution is -2.61. The van der Waals surface area contributed by atoms with Crippen molar-refractivity contribution in [2.24, 2.45) is 11.3 Å². The number of para-hydroxylation sites is 2. The average molecular weight is 543 g/mol. The summed E-state index contributed by atoms with van der Waals surface area (Å²) in [6, 6.07) is 36.7. The topological polar surface area (TPSA) is 58.6 Å². The van der Waals surface area contributed by atoms with Crippen molar-refractivity contribution in [3.63, 3.8) is 0 Å². The molecule has 4 aliphatic rings. The van der Waals surface area contributed by atoms with Crippen molar-refractivity contribution in [2.45, 2.75) is 30.6 Å². The lowest BCUT2D eigenvalue weighted by molar-refractivity contribution is -0.134. The minimum absolute atomic E-state index is 0.0146. The summed E-state index contributed by atoms with van der Waals surface area (Å²) in [6.45, 7) is 0.938. The fourth-order valence-corrected chi connectivity index (χ4v) is 8.30. The van der Waals surface area contributed by atoms with Crippen molar-refractivity contribution in [1.29, 1.82) is 0 Å². The molecule has 206 valence electrons. The van der Waals surface area contributed by atoms with Crippen molar-refractivity contribution < 1.29 is 14.3 Å². The zero-order valence-electron chi connectivity index (χ0n) is 23.3. The molecule has 2 bridgehead atoms. The molecule has 0 unspecified atom stereocenters. The minimum atomic E-state index is -0.755. The Bertz CT molecular complexity index is 1600. The molecule has 1 saturated heterocycles. The van der Waals surface area contributed by atoms with Crippen molar-refractivity contribution >= 4 is 17.5 Å². The lowest BCUT2D eigenvalue weighted by atomic mass is 9.42. The summed E-state index contributed by atoms with van der Waals surface area (Å²) in [7, 11) is 1.63. The number of benzene rings is 4. The highest BCUT2D eigenvalue weighted by Gasteiger charge is 2.70. The number of anilines is 1. The fourth-order valence-electron chi connectivity index (χ4n) is 8.30. The van der Waals surface area contributed by atoms with E-state index in [1.54, 1.807) is 7.11 Å². The standard InChI is InChI=1S/C36H34N2O3/c1-41-31-19-11-8-12-25(31)22-33(39)38-23-32-35(26-13-4-2-5-14-26)21-20-30(28-17-9-10-18-29(28)35)36(32,24-38)34(40)37-27-15-6-3-7-16-27/h2-19,30,32H,20-24H2,1H3,(H,37,40)/t30-,32-,35-,36-/m1/s1. The summed E-state index contributed by atoms with van der Waals surface area (Å²) in [6.07, 6.45) is 2.10. The van der Waals surface area contributed by atoms with E-state index in [-0.39, 0.29) is 35.5 Å². The van der Waals surface area contributed by atoms with Crippen LogP contribution in [0.1, 0.15) is 41.0 Å². The molecule has 4 aromatic carbocycles. The number of nitrogens with one attached hydrogen (secondary N) is 1. The normalized spacial score (nSPS) is 25.7. The van der Waals surface area contributed by atoms with Crippen molar-refractivity contribution in [2.75, 3.05) is 25.5 Å². The maximum Gasteiger partial charge on any atom is 0.233 e. The number of hydrogen-bond donors (Lipinski definition) is 1. The summed E-state index contributed by atoms with van der Waals surface area (Å²) in [4.78, 5) is 30.7. The van der Waals surface area contributed by atoms with E-state index in [0.29, 0.717) is 18.8 Å². The molecule has 5 heteroatoms. The zero-order chi connectivity index (χ0) is 28.0. The molecule has 3 aliphatic carbocycles. The van der Waals surface area contributed by atoms with E-state index in [9.17, 15) is 9.59 Å². The molecule has 0 aromatic heterocycles. The number of nitrogens with zero attached hydrogens (tertiary/aromatic N) is 1. The van der Waals surface area contributed by atoms with Crippen LogP contribution in [0.15, 0.2) is 109 Å². The minimum Gasteiger partial charge on any atom is -0.496 e. The molecule has 0 spiro atoms. The maximum absolute atomic E-state index is 14.7. The number of carbonyl (C=O) groups excluding carboxylic acids is 2. The Morgan fingerprint density at radius 1 is 0.878 bits per heavy atom. The van der Waals surface area contributed by atoms with Gasteiger partial charge < -0.3 is 15.0 Å². The van der Waals surface area contributed by atoms with Gasteiger partial charge in [0, 0.05) is 41.6 Å². The van der Waals surface area contributed by atoms with E-state index in [2.05, 4.69) is 53.8 Å². The van der Waals surface area contributed by atoms with Gasteiger partial charge in [-0.3, -0.25) is 9.59 Å². The highest BCUT2D eigenvalue weighted by Crippen LogP contribution is 2.69. The number of likely N-dealkylation sites (tertiary alicyclic amines) is 1. The second-order valence-electron chi connectivity index (χ2n) is 11.7. The van der Waals surface area contributed by atoms with Crippen LogP contribution in [-0.2, 0) is 21.4 Å². The molecular formula is C36H34N2O3. The van der Waals surface area contributed by atoms with Gasteiger partial charge in [-0.25, -0.2) is 0 Å². The molecule has 5 nitrogen and oxygen atoms in total. The number of hydrogen-bond acceptors (Lipinski definition) is 3. The molecule has 2 amide bonds. The van der Waals surface area contributed by atoms with Crippen molar-refractivity contribution in [3.8, 4) is 5.75 Å². The van der Waals surface area contributed by atoms with Crippen LogP contribution in [0.2, 0.25) is 0 Å². The number of rotatable bonds is 6. The van der Waals surface area contributed by atoms with Gasteiger partial charge in [-0.2, -0.15) is 0 Å². The molecule has 0 radical (unpaired) electrons. The van der Waals surface area contributed by atoms with Gasteiger partial charge in [0.1, 0.15) is 5.75 Å². The second kappa shape index (κ2) is 9.91. The van der Waals surface area contributed by atoms with Gasteiger partial charge in [0.05, 0.1) is 18.9 Å². The van der Waals surface area contributed by atoms with Gasteiger partial charge in [0.25, 0.3) is 0 Å². The highest BCUT2D eigenvalue weighted by molar-refractivity contribution is 5.98. The summed E-state index contributed by atoms with van der Waals surface area (Å²) in [5.41, 5.74) is 4.33. The van der Waals surface area contributed by atoms with Gasteiger partial charge in [-0.15, -0.1) is 0 Å². The Morgan fingerprint density at radius 2 is 1.56 bits per heavy atom. The van der Waals surface area contributed by atoms with Crippen LogP contribution in [0.3, 0.4) is 0 Å². The first-order valence-corrected chi connectivity index (χ1v) is 14.5. The van der Waals surface area contributed by atoms with E-state index in [1.165, 1.54) is 16.7 Å². The molecule has 2 fully saturated rings. The fraction of sp³-hybridized carbons (Fsp3) is 0.278. The van der Waals surface area contributed by atoms with Crippen molar-refractivity contribution in [3.05, 3.63) is 131 Å². The van der Waals surface area contributed by atoms with Gasteiger partial charge >= 0.3 is 0 Å². The third-order valence-electron chi connectivity index (χ3n) is 9.97. The first-order chi connectivity index (χ1) is 20.1. The van der Waals surface area contributed by atoms with Crippen LogP contribution in [0.5, 0.6) is 5.75 Å². The largest absolute Gasteiger partial charge is 0.496 e. The molecule has 1 heterocycles. The third kappa shape index (κ3) is 3.82. The predicted molar refractivity (Wildman–Crippen MR) is 160 cm³/mol. The monoisotopic (exact) mass is 542 g/mol. The average Bonchev–Trinajstić information content (AvgIpc) is 3.47. The predicted octanol–water partition coefficient (Wildman–Crippen LogP) is 6.20. The Hall–Kier alpha value is -4.38. The Balaban J connectivity index is 1.36. The molecule has 1 saturated carbocycles. The van der Waals surface area contributed by atoms with Gasteiger partial charge in [0.15, 0.2) is 0 Å². The van der Waals surface area contributed by atoms with Gasteiger partial charge in [-0.1, -0.05) is 91.0 Å². The van der Waals surface area contributed by atoms with E-state index >= 15 is 0 Å². The molecule has 4 aromatic rings. The number of ether oxygens (including phenoxy) is 1. The van der Waals surface area contributed by atoms with Crippen LogP contribution in [0.25, 0.3) is 0 Å². The second-order valence-corrected chi connectivity index (χ2v) is 11.7. The maximum atomic E-state index is 14.7. The van der Waals surface area contributed by atoms with Crippen LogP contribution in [0.4, 0.5) is 5.69 Å². The first-order valence-electron chi connectivity index (χ1n) is 14.5. The molecule has 8 rings (SSSR count). The quantitative estimate of drug-likeness (QED) is 0.316. The molecule has 41 heavy (non-hydrogen) atoms. The van der Waals surface area contributed by atoms with Crippen LogP contribution >= 0.6 is 0 Å². The van der Waals surface area contributed by atoms with Crippen LogP contribution < -0.4 is 10.1 Å². The zero-order valence-corrected chi connectivity index (χ0v) is 23.3. The van der Waals surface area contributed by atoms with Gasteiger partial charge in [-0.05, 0) is 47.7 Å². The number of carbonyl (C=O) groups is 2. The number of amides is 2. The van der Waals surface area contributed by atoms with Crippen LogP contribution in [0, 0.1) is 11.3 Å². The molecule has 1 N–H and O–H groups in total.